The number of nitrogens with two attached hydrogens (primary N) is 1. The summed E-state index contributed by atoms with van der Waals surface area (Å²) in [6, 6.07) is 0. The molecule has 0 aromatic carbocycles. The number of hydrogen-bond acceptors (Lipinski definition) is 3. The Bertz CT molecular complexity index is 211. The fourth-order valence-corrected chi connectivity index (χ4v) is 1.11. The molecule has 0 aromatic heterocycles. The molecule has 15 heavy (non-hydrogen) atoms. The first-order valence-electron chi connectivity index (χ1n) is 5.61. The number of amides is 1. The van der Waals surface area contributed by atoms with Crippen molar-refractivity contribution < 1.29 is 9.90 Å². The van der Waals surface area contributed by atoms with Crippen LogP contribution in [-0.4, -0.2) is 28.7 Å². The summed E-state index contributed by atoms with van der Waals surface area (Å²) in [6.45, 7) is 7.63. The Balaban J connectivity index is 4.22. The lowest BCUT2D eigenvalue weighted by Gasteiger charge is -2.28. The third-order valence-electron chi connectivity index (χ3n) is 3.15. The first kappa shape index (κ1) is 14.4. The SMILES string of the molecule is CCC(O)(CC)CNC(=O)C(C)(N)CC. The lowest BCUT2D eigenvalue weighted by atomic mass is 9.95. The molecular weight excluding hydrogens is 192 g/mol. The lowest BCUT2D eigenvalue weighted by molar-refractivity contribution is -0.127. The molecule has 0 saturated heterocycles. The van der Waals surface area contributed by atoms with E-state index in [2.05, 4.69) is 5.32 Å². The summed E-state index contributed by atoms with van der Waals surface area (Å²) in [5.41, 5.74) is 4.13. The predicted molar refractivity (Wildman–Crippen MR) is 61.4 cm³/mol. The third kappa shape index (κ3) is 4.18. The number of nitrogens with one attached hydrogen (secondary N) is 1. The van der Waals surface area contributed by atoms with Crippen molar-refractivity contribution in [3.05, 3.63) is 0 Å². The van der Waals surface area contributed by atoms with E-state index in [0.29, 0.717) is 19.3 Å². The van der Waals surface area contributed by atoms with Crippen LogP contribution in [0, 0.1) is 0 Å². The Morgan fingerprint density at radius 3 is 2.07 bits per heavy atom. The van der Waals surface area contributed by atoms with Crippen molar-refractivity contribution in [2.24, 2.45) is 5.73 Å². The normalized spacial score (nSPS) is 15.9. The monoisotopic (exact) mass is 216 g/mol. The zero-order chi connectivity index (χ0) is 12.1. The Kier molecular flexibility index (Phi) is 5.24. The molecule has 0 aromatic rings. The van der Waals surface area contributed by atoms with Gasteiger partial charge in [-0.15, -0.1) is 0 Å². The Morgan fingerprint density at radius 1 is 1.27 bits per heavy atom. The van der Waals surface area contributed by atoms with Crippen LogP contribution in [0.2, 0.25) is 0 Å². The van der Waals surface area contributed by atoms with E-state index in [-0.39, 0.29) is 12.5 Å². The van der Waals surface area contributed by atoms with Gasteiger partial charge in [0.15, 0.2) is 0 Å². The van der Waals surface area contributed by atoms with E-state index in [4.69, 9.17) is 5.73 Å². The van der Waals surface area contributed by atoms with E-state index in [9.17, 15) is 9.90 Å². The van der Waals surface area contributed by atoms with Gasteiger partial charge in [-0.05, 0) is 26.2 Å². The van der Waals surface area contributed by atoms with Gasteiger partial charge in [-0.3, -0.25) is 4.79 Å². The van der Waals surface area contributed by atoms with Gasteiger partial charge in [0.25, 0.3) is 0 Å². The summed E-state index contributed by atoms with van der Waals surface area (Å²) in [7, 11) is 0. The molecule has 0 saturated carbocycles. The maximum atomic E-state index is 11.6. The maximum Gasteiger partial charge on any atom is 0.239 e. The van der Waals surface area contributed by atoms with Crippen LogP contribution in [-0.2, 0) is 4.79 Å². The second kappa shape index (κ2) is 5.47. The molecule has 4 N–H and O–H groups in total. The van der Waals surface area contributed by atoms with Gasteiger partial charge in [-0.25, -0.2) is 0 Å². The highest BCUT2D eigenvalue weighted by molar-refractivity contribution is 5.85. The lowest BCUT2D eigenvalue weighted by Crippen LogP contribution is -2.54. The fourth-order valence-electron chi connectivity index (χ4n) is 1.11. The van der Waals surface area contributed by atoms with E-state index < -0.39 is 11.1 Å². The molecule has 90 valence electrons. The quantitative estimate of drug-likeness (QED) is 0.614. The van der Waals surface area contributed by atoms with Gasteiger partial charge in [0.05, 0.1) is 11.1 Å². The highest BCUT2D eigenvalue weighted by atomic mass is 16.3. The average molecular weight is 216 g/mol. The van der Waals surface area contributed by atoms with E-state index in [1.807, 2.05) is 20.8 Å². The third-order valence-corrected chi connectivity index (χ3v) is 3.15. The molecule has 1 atom stereocenters. The summed E-state index contributed by atoms with van der Waals surface area (Å²) in [4.78, 5) is 11.6. The summed E-state index contributed by atoms with van der Waals surface area (Å²) >= 11 is 0. The fraction of sp³-hybridized carbons (Fsp3) is 0.909. The highest BCUT2D eigenvalue weighted by Gasteiger charge is 2.29. The van der Waals surface area contributed by atoms with Gasteiger partial charge in [-0.2, -0.15) is 0 Å². The second-order valence-electron chi connectivity index (χ2n) is 4.39. The zero-order valence-corrected chi connectivity index (χ0v) is 10.3. The van der Waals surface area contributed by atoms with Crippen molar-refractivity contribution >= 4 is 5.91 Å². The van der Waals surface area contributed by atoms with Gasteiger partial charge < -0.3 is 16.2 Å². The minimum Gasteiger partial charge on any atom is -0.388 e. The van der Waals surface area contributed by atoms with Gasteiger partial charge in [0.2, 0.25) is 5.91 Å². The van der Waals surface area contributed by atoms with E-state index >= 15 is 0 Å². The van der Waals surface area contributed by atoms with Crippen LogP contribution in [0.5, 0.6) is 0 Å². The Hall–Kier alpha value is -0.610. The minimum absolute atomic E-state index is 0.203. The molecule has 0 heterocycles. The van der Waals surface area contributed by atoms with Crippen LogP contribution >= 0.6 is 0 Å². The highest BCUT2D eigenvalue weighted by Crippen LogP contribution is 2.13. The van der Waals surface area contributed by atoms with Gasteiger partial charge in [-0.1, -0.05) is 20.8 Å². The van der Waals surface area contributed by atoms with Crippen LogP contribution in [0.1, 0.15) is 47.0 Å². The smallest absolute Gasteiger partial charge is 0.239 e. The maximum absolute atomic E-state index is 11.6. The van der Waals surface area contributed by atoms with Gasteiger partial charge in [0.1, 0.15) is 0 Å². The Morgan fingerprint density at radius 2 is 1.73 bits per heavy atom. The van der Waals surface area contributed by atoms with Crippen molar-refractivity contribution in [2.75, 3.05) is 6.54 Å². The first-order valence-corrected chi connectivity index (χ1v) is 5.61. The number of carbonyl (C=O) groups excluding carboxylic acids is 1. The number of hydrogen-bond donors (Lipinski definition) is 3. The average Bonchev–Trinajstić information content (AvgIpc) is 2.25. The van der Waals surface area contributed by atoms with Crippen LogP contribution in [0.25, 0.3) is 0 Å². The second-order valence-corrected chi connectivity index (χ2v) is 4.39. The standard InChI is InChI=1S/C11H24N2O2/c1-5-10(4,12)9(14)13-8-11(15,6-2)7-3/h15H,5-8,12H2,1-4H3,(H,13,14). The minimum atomic E-state index is -0.845. The molecule has 4 nitrogen and oxygen atoms in total. The van der Waals surface area contributed by atoms with Crippen molar-refractivity contribution in [1.82, 2.24) is 5.32 Å². The molecule has 0 bridgehead atoms. The van der Waals surface area contributed by atoms with Crippen LogP contribution in [0.15, 0.2) is 0 Å². The largest absolute Gasteiger partial charge is 0.388 e. The molecular formula is C11H24N2O2. The van der Waals surface area contributed by atoms with E-state index in [0.717, 1.165) is 0 Å². The molecule has 4 heteroatoms. The molecule has 0 radical (unpaired) electrons. The molecule has 0 aliphatic heterocycles. The molecule has 0 aliphatic rings. The summed E-state index contributed by atoms with van der Waals surface area (Å²) in [5, 5.41) is 12.7. The number of aliphatic hydroxyl groups is 1. The molecule has 0 spiro atoms. The molecule has 1 unspecified atom stereocenters. The summed E-state index contributed by atoms with van der Waals surface area (Å²) in [6.07, 6.45) is 1.82. The van der Waals surface area contributed by atoms with Gasteiger partial charge in [0, 0.05) is 6.54 Å². The van der Waals surface area contributed by atoms with Gasteiger partial charge >= 0.3 is 0 Å². The van der Waals surface area contributed by atoms with Crippen LogP contribution < -0.4 is 11.1 Å². The molecule has 0 rings (SSSR count). The van der Waals surface area contributed by atoms with Crippen molar-refractivity contribution in [1.29, 1.82) is 0 Å². The predicted octanol–water partition coefficient (Wildman–Crippen LogP) is 0.781. The van der Waals surface area contributed by atoms with Crippen molar-refractivity contribution in [3.63, 3.8) is 0 Å². The number of carbonyl (C=O) groups is 1. The van der Waals surface area contributed by atoms with Crippen molar-refractivity contribution in [2.45, 2.75) is 58.1 Å². The van der Waals surface area contributed by atoms with Crippen molar-refractivity contribution in [3.8, 4) is 0 Å². The topological polar surface area (TPSA) is 75.3 Å². The van der Waals surface area contributed by atoms with Crippen LogP contribution in [0.3, 0.4) is 0 Å². The summed E-state index contributed by atoms with van der Waals surface area (Å²) in [5.74, 6) is -0.203. The molecule has 1 amide bonds. The first-order chi connectivity index (χ1) is 6.81. The molecule has 0 aliphatic carbocycles. The Labute approximate surface area is 92.2 Å². The molecule has 0 fully saturated rings. The van der Waals surface area contributed by atoms with Crippen LogP contribution in [0.4, 0.5) is 0 Å². The van der Waals surface area contributed by atoms with E-state index in [1.165, 1.54) is 0 Å². The zero-order valence-electron chi connectivity index (χ0n) is 10.3. The summed E-state index contributed by atoms with van der Waals surface area (Å²) < 4.78 is 0. The van der Waals surface area contributed by atoms with E-state index in [1.54, 1.807) is 6.92 Å². The number of rotatable bonds is 6.